The molecule has 1 fully saturated rings. The van der Waals surface area contributed by atoms with Crippen molar-refractivity contribution in [3.8, 4) is 0 Å². The lowest BCUT2D eigenvalue weighted by Crippen LogP contribution is -2.48. The molecule has 3 rings (SSSR count). The highest BCUT2D eigenvalue weighted by molar-refractivity contribution is 5.20. The van der Waals surface area contributed by atoms with Crippen LogP contribution in [0.3, 0.4) is 0 Å². The van der Waals surface area contributed by atoms with Crippen molar-refractivity contribution >= 4 is 0 Å². The van der Waals surface area contributed by atoms with Gasteiger partial charge >= 0.3 is 0 Å². The van der Waals surface area contributed by atoms with Crippen molar-refractivity contribution in [3.05, 3.63) is 71.8 Å². The fraction of sp³-hybridized carbons (Fsp3) is 0.455. The molecule has 1 heterocycles. The molecule has 0 bridgehead atoms. The van der Waals surface area contributed by atoms with E-state index in [1.807, 2.05) is 0 Å². The van der Waals surface area contributed by atoms with Crippen LogP contribution in [-0.4, -0.2) is 49.1 Å². The van der Waals surface area contributed by atoms with Gasteiger partial charge in [0.25, 0.3) is 0 Å². The quantitative estimate of drug-likeness (QED) is 0.786. The largest absolute Gasteiger partial charge is 0.300 e. The van der Waals surface area contributed by atoms with Gasteiger partial charge in [0, 0.05) is 39.3 Å². The highest BCUT2D eigenvalue weighted by Crippen LogP contribution is 2.19. The van der Waals surface area contributed by atoms with Crippen molar-refractivity contribution in [1.29, 1.82) is 0 Å². The van der Waals surface area contributed by atoms with E-state index in [0.717, 1.165) is 0 Å². The monoisotopic (exact) mass is 322 g/mol. The molecule has 2 heteroatoms. The SMILES string of the molecule is CC(CN1CCN(CC(C)c2ccccc2)CC1)c1ccccc1. The average molecular weight is 322 g/mol. The van der Waals surface area contributed by atoms with E-state index in [1.54, 1.807) is 0 Å². The average Bonchev–Trinajstić information content (AvgIpc) is 2.65. The summed E-state index contributed by atoms with van der Waals surface area (Å²) in [4.78, 5) is 5.25. The molecule has 1 aliphatic heterocycles. The first-order chi connectivity index (χ1) is 11.7. The number of piperazine rings is 1. The first-order valence-electron chi connectivity index (χ1n) is 9.27. The summed E-state index contributed by atoms with van der Waals surface area (Å²) in [5.74, 6) is 1.22. The smallest absolute Gasteiger partial charge is 0.0110 e. The molecule has 2 unspecified atom stereocenters. The minimum atomic E-state index is 0.612. The Morgan fingerprint density at radius 2 is 0.958 bits per heavy atom. The summed E-state index contributed by atoms with van der Waals surface area (Å²) in [6.07, 6.45) is 0. The van der Waals surface area contributed by atoms with E-state index in [0.29, 0.717) is 11.8 Å². The molecule has 0 aromatic heterocycles. The van der Waals surface area contributed by atoms with Gasteiger partial charge in [-0.1, -0.05) is 74.5 Å². The highest BCUT2D eigenvalue weighted by Gasteiger charge is 2.20. The first kappa shape index (κ1) is 17.2. The van der Waals surface area contributed by atoms with E-state index in [-0.39, 0.29) is 0 Å². The van der Waals surface area contributed by atoms with Gasteiger partial charge in [0.05, 0.1) is 0 Å². The Morgan fingerprint density at radius 1 is 0.625 bits per heavy atom. The van der Waals surface area contributed by atoms with Gasteiger partial charge < -0.3 is 9.80 Å². The number of nitrogens with zero attached hydrogens (tertiary/aromatic N) is 2. The van der Waals surface area contributed by atoms with Crippen LogP contribution in [0.1, 0.15) is 36.8 Å². The Balaban J connectivity index is 1.44. The maximum Gasteiger partial charge on any atom is 0.0110 e. The summed E-state index contributed by atoms with van der Waals surface area (Å²) < 4.78 is 0. The van der Waals surface area contributed by atoms with Crippen LogP contribution in [0.25, 0.3) is 0 Å². The molecule has 1 saturated heterocycles. The van der Waals surface area contributed by atoms with Crippen molar-refractivity contribution in [2.75, 3.05) is 39.3 Å². The zero-order chi connectivity index (χ0) is 16.8. The molecule has 0 radical (unpaired) electrons. The fourth-order valence-electron chi connectivity index (χ4n) is 3.70. The van der Waals surface area contributed by atoms with Gasteiger partial charge in [-0.3, -0.25) is 0 Å². The third kappa shape index (κ3) is 4.68. The Hall–Kier alpha value is -1.64. The lowest BCUT2D eigenvalue weighted by atomic mass is 9.99. The van der Waals surface area contributed by atoms with Gasteiger partial charge in [0.2, 0.25) is 0 Å². The van der Waals surface area contributed by atoms with E-state index in [9.17, 15) is 0 Å². The lowest BCUT2D eigenvalue weighted by Gasteiger charge is -2.37. The summed E-state index contributed by atoms with van der Waals surface area (Å²) in [7, 11) is 0. The Kier molecular flexibility index (Phi) is 6.06. The zero-order valence-electron chi connectivity index (χ0n) is 15.1. The second-order valence-electron chi connectivity index (χ2n) is 7.22. The Labute approximate surface area is 147 Å². The maximum atomic E-state index is 2.63. The molecule has 2 aromatic carbocycles. The third-order valence-electron chi connectivity index (χ3n) is 5.27. The van der Waals surface area contributed by atoms with Crippen LogP contribution in [0.5, 0.6) is 0 Å². The van der Waals surface area contributed by atoms with Crippen LogP contribution < -0.4 is 0 Å². The first-order valence-corrected chi connectivity index (χ1v) is 9.27. The standard InChI is InChI=1S/C22H30N2/c1-19(21-9-5-3-6-10-21)17-23-13-15-24(16-14-23)18-20(2)22-11-7-4-8-12-22/h3-12,19-20H,13-18H2,1-2H3. The summed E-state index contributed by atoms with van der Waals surface area (Å²) in [6, 6.07) is 21.8. The molecule has 2 atom stereocenters. The second-order valence-corrected chi connectivity index (χ2v) is 7.22. The van der Waals surface area contributed by atoms with Gasteiger partial charge in [-0.2, -0.15) is 0 Å². The van der Waals surface area contributed by atoms with Crippen LogP contribution >= 0.6 is 0 Å². The Morgan fingerprint density at radius 3 is 1.29 bits per heavy atom. The van der Waals surface area contributed by atoms with Crippen molar-refractivity contribution in [2.45, 2.75) is 25.7 Å². The van der Waals surface area contributed by atoms with Crippen molar-refractivity contribution < 1.29 is 0 Å². The van der Waals surface area contributed by atoms with Gasteiger partial charge in [-0.25, -0.2) is 0 Å². The molecule has 2 aromatic rings. The molecule has 2 nitrogen and oxygen atoms in total. The van der Waals surface area contributed by atoms with Gasteiger partial charge in [0.1, 0.15) is 0 Å². The predicted molar refractivity (Wildman–Crippen MR) is 103 cm³/mol. The van der Waals surface area contributed by atoms with Crippen LogP contribution in [0.2, 0.25) is 0 Å². The number of benzene rings is 2. The molecule has 0 N–H and O–H groups in total. The van der Waals surface area contributed by atoms with Crippen LogP contribution in [-0.2, 0) is 0 Å². The van der Waals surface area contributed by atoms with Crippen molar-refractivity contribution in [1.82, 2.24) is 9.80 Å². The molecule has 24 heavy (non-hydrogen) atoms. The summed E-state index contributed by atoms with van der Waals surface area (Å²) in [5, 5.41) is 0. The molecular weight excluding hydrogens is 292 g/mol. The minimum absolute atomic E-state index is 0.612. The summed E-state index contributed by atoms with van der Waals surface area (Å²) in [5.41, 5.74) is 2.91. The number of hydrogen-bond acceptors (Lipinski definition) is 2. The minimum Gasteiger partial charge on any atom is -0.300 e. The fourth-order valence-corrected chi connectivity index (χ4v) is 3.70. The zero-order valence-corrected chi connectivity index (χ0v) is 15.1. The van der Waals surface area contributed by atoms with E-state index in [1.165, 1.54) is 50.4 Å². The number of hydrogen-bond donors (Lipinski definition) is 0. The maximum absolute atomic E-state index is 2.63. The highest BCUT2D eigenvalue weighted by atomic mass is 15.3. The van der Waals surface area contributed by atoms with Crippen molar-refractivity contribution in [3.63, 3.8) is 0 Å². The van der Waals surface area contributed by atoms with E-state index < -0.39 is 0 Å². The molecular formula is C22H30N2. The van der Waals surface area contributed by atoms with Crippen LogP contribution in [0.4, 0.5) is 0 Å². The van der Waals surface area contributed by atoms with Crippen molar-refractivity contribution in [2.24, 2.45) is 0 Å². The molecule has 1 aliphatic rings. The molecule has 0 saturated carbocycles. The normalized spacial score (nSPS) is 19.1. The second kappa shape index (κ2) is 8.46. The van der Waals surface area contributed by atoms with Gasteiger partial charge in [-0.05, 0) is 23.0 Å². The van der Waals surface area contributed by atoms with E-state index in [4.69, 9.17) is 0 Å². The number of rotatable bonds is 6. The summed E-state index contributed by atoms with van der Waals surface area (Å²) in [6.45, 7) is 11.8. The van der Waals surface area contributed by atoms with E-state index in [2.05, 4.69) is 84.3 Å². The van der Waals surface area contributed by atoms with Crippen LogP contribution in [0.15, 0.2) is 60.7 Å². The lowest BCUT2D eigenvalue weighted by molar-refractivity contribution is 0.124. The Bertz CT molecular complexity index is 532. The van der Waals surface area contributed by atoms with E-state index >= 15 is 0 Å². The molecule has 128 valence electrons. The third-order valence-corrected chi connectivity index (χ3v) is 5.27. The molecule has 0 spiro atoms. The summed E-state index contributed by atoms with van der Waals surface area (Å²) >= 11 is 0. The molecule has 0 amide bonds. The predicted octanol–water partition coefficient (Wildman–Crippen LogP) is 4.21. The molecule has 0 aliphatic carbocycles. The van der Waals surface area contributed by atoms with Gasteiger partial charge in [0.15, 0.2) is 0 Å². The van der Waals surface area contributed by atoms with Gasteiger partial charge in [-0.15, -0.1) is 0 Å². The topological polar surface area (TPSA) is 6.48 Å². The van der Waals surface area contributed by atoms with Crippen LogP contribution in [0, 0.1) is 0 Å².